The van der Waals surface area contributed by atoms with Crippen LogP contribution in [0.15, 0.2) is 57.5 Å². The standard InChI is InChI=1S/C15H13Br2NO/c1-10(11-5-3-2-4-6-11)18-15(19)13-8-7-12(16)9-14(13)17/h2-10H,1H3,(H,18,19). The SMILES string of the molecule is CC(NC(=O)c1ccc(Br)cc1Br)c1ccccc1. The zero-order valence-corrected chi connectivity index (χ0v) is 13.5. The summed E-state index contributed by atoms with van der Waals surface area (Å²) >= 11 is 6.77. The first-order valence-electron chi connectivity index (χ1n) is 5.89. The summed E-state index contributed by atoms with van der Waals surface area (Å²) in [6, 6.07) is 15.4. The van der Waals surface area contributed by atoms with Gasteiger partial charge < -0.3 is 5.32 Å². The number of carbonyl (C=O) groups excluding carboxylic acids is 1. The lowest BCUT2D eigenvalue weighted by molar-refractivity contribution is 0.0939. The maximum absolute atomic E-state index is 12.2. The number of hydrogen-bond donors (Lipinski definition) is 1. The molecule has 2 nitrogen and oxygen atoms in total. The second kappa shape index (κ2) is 6.35. The second-order valence-electron chi connectivity index (χ2n) is 4.23. The van der Waals surface area contributed by atoms with E-state index in [-0.39, 0.29) is 11.9 Å². The molecule has 2 aromatic rings. The van der Waals surface area contributed by atoms with E-state index in [9.17, 15) is 4.79 Å². The van der Waals surface area contributed by atoms with Gasteiger partial charge in [0.05, 0.1) is 11.6 Å². The van der Waals surface area contributed by atoms with E-state index in [1.54, 1.807) is 6.07 Å². The zero-order chi connectivity index (χ0) is 13.8. The molecule has 98 valence electrons. The molecule has 0 aromatic heterocycles. The van der Waals surface area contributed by atoms with Crippen LogP contribution in [0.5, 0.6) is 0 Å². The van der Waals surface area contributed by atoms with Crippen molar-refractivity contribution in [1.29, 1.82) is 0 Å². The molecule has 0 aliphatic carbocycles. The molecular formula is C15H13Br2NO. The van der Waals surface area contributed by atoms with Crippen LogP contribution < -0.4 is 5.32 Å². The summed E-state index contributed by atoms with van der Waals surface area (Å²) in [7, 11) is 0. The van der Waals surface area contributed by atoms with Crippen LogP contribution in [0, 0.1) is 0 Å². The van der Waals surface area contributed by atoms with Crippen molar-refractivity contribution in [2.75, 3.05) is 0 Å². The average Bonchev–Trinajstić information content (AvgIpc) is 2.39. The Balaban J connectivity index is 2.13. The highest BCUT2D eigenvalue weighted by molar-refractivity contribution is 9.11. The number of hydrogen-bond acceptors (Lipinski definition) is 1. The number of benzene rings is 2. The van der Waals surface area contributed by atoms with Gasteiger partial charge in [0.15, 0.2) is 0 Å². The topological polar surface area (TPSA) is 29.1 Å². The van der Waals surface area contributed by atoms with E-state index < -0.39 is 0 Å². The molecule has 0 saturated heterocycles. The molecule has 1 unspecified atom stereocenters. The van der Waals surface area contributed by atoms with Gasteiger partial charge in [0, 0.05) is 8.95 Å². The third-order valence-corrected chi connectivity index (χ3v) is 3.97. The van der Waals surface area contributed by atoms with Crippen LogP contribution in [-0.2, 0) is 0 Å². The molecule has 2 aromatic carbocycles. The van der Waals surface area contributed by atoms with Crippen molar-refractivity contribution in [3.63, 3.8) is 0 Å². The van der Waals surface area contributed by atoms with Crippen molar-refractivity contribution < 1.29 is 4.79 Å². The Morgan fingerprint density at radius 3 is 2.42 bits per heavy atom. The predicted molar refractivity (Wildman–Crippen MR) is 84.2 cm³/mol. The molecule has 0 fully saturated rings. The van der Waals surface area contributed by atoms with Crippen molar-refractivity contribution in [1.82, 2.24) is 5.32 Å². The first-order valence-corrected chi connectivity index (χ1v) is 7.47. The van der Waals surface area contributed by atoms with Crippen LogP contribution >= 0.6 is 31.9 Å². The third-order valence-electron chi connectivity index (χ3n) is 2.82. The molecule has 1 amide bonds. The molecule has 0 aliphatic rings. The Labute approximate surface area is 129 Å². The molecule has 0 radical (unpaired) electrons. The minimum atomic E-state index is -0.0873. The van der Waals surface area contributed by atoms with Gasteiger partial charge in [0.2, 0.25) is 0 Å². The summed E-state index contributed by atoms with van der Waals surface area (Å²) < 4.78 is 1.71. The van der Waals surface area contributed by atoms with Crippen LogP contribution in [-0.4, -0.2) is 5.91 Å². The maximum Gasteiger partial charge on any atom is 0.252 e. The maximum atomic E-state index is 12.2. The lowest BCUT2D eigenvalue weighted by atomic mass is 10.1. The molecule has 1 atom stereocenters. The fraction of sp³-hybridized carbons (Fsp3) is 0.133. The number of rotatable bonds is 3. The lowest BCUT2D eigenvalue weighted by Crippen LogP contribution is -2.26. The predicted octanol–water partition coefficient (Wildman–Crippen LogP) is 4.70. The number of carbonyl (C=O) groups is 1. The Hall–Kier alpha value is -1.13. The highest BCUT2D eigenvalue weighted by atomic mass is 79.9. The molecule has 0 heterocycles. The molecule has 0 spiro atoms. The van der Waals surface area contributed by atoms with E-state index >= 15 is 0 Å². The average molecular weight is 383 g/mol. The van der Waals surface area contributed by atoms with Crippen molar-refractivity contribution in [3.8, 4) is 0 Å². The minimum absolute atomic E-state index is 0.0238. The summed E-state index contributed by atoms with van der Waals surface area (Å²) in [5.41, 5.74) is 1.72. The monoisotopic (exact) mass is 381 g/mol. The molecular weight excluding hydrogens is 370 g/mol. The molecule has 19 heavy (non-hydrogen) atoms. The number of nitrogens with one attached hydrogen (secondary N) is 1. The molecule has 0 saturated carbocycles. The Bertz CT molecular complexity index is 584. The van der Waals surface area contributed by atoms with E-state index in [2.05, 4.69) is 37.2 Å². The van der Waals surface area contributed by atoms with E-state index in [0.29, 0.717) is 5.56 Å². The minimum Gasteiger partial charge on any atom is -0.345 e. The van der Waals surface area contributed by atoms with Crippen molar-refractivity contribution in [2.45, 2.75) is 13.0 Å². The molecule has 0 aliphatic heterocycles. The van der Waals surface area contributed by atoms with Gasteiger partial charge in [-0.15, -0.1) is 0 Å². The van der Waals surface area contributed by atoms with Crippen molar-refractivity contribution in [2.24, 2.45) is 0 Å². The van der Waals surface area contributed by atoms with Crippen LogP contribution in [0.2, 0.25) is 0 Å². The summed E-state index contributed by atoms with van der Waals surface area (Å²) in [4.78, 5) is 12.2. The number of halogens is 2. The van der Waals surface area contributed by atoms with Crippen LogP contribution in [0.3, 0.4) is 0 Å². The van der Waals surface area contributed by atoms with Gasteiger partial charge in [-0.05, 0) is 46.6 Å². The van der Waals surface area contributed by atoms with Gasteiger partial charge in [-0.25, -0.2) is 0 Å². The number of amides is 1. The molecule has 1 N–H and O–H groups in total. The van der Waals surface area contributed by atoms with Gasteiger partial charge in [-0.1, -0.05) is 46.3 Å². The lowest BCUT2D eigenvalue weighted by Gasteiger charge is -2.15. The van der Waals surface area contributed by atoms with E-state index in [1.807, 2.05) is 49.4 Å². The summed E-state index contributed by atoms with van der Waals surface area (Å²) in [6.07, 6.45) is 0. The van der Waals surface area contributed by atoms with Gasteiger partial charge in [-0.2, -0.15) is 0 Å². The van der Waals surface area contributed by atoms with E-state index in [1.165, 1.54) is 0 Å². The Kier molecular flexibility index (Phi) is 4.77. The van der Waals surface area contributed by atoms with Crippen molar-refractivity contribution >= 4 is 37.8 Å². The molecule has 0 bridgehead atoms. The van der Waals surface area contributed by atoms with Gasteiger partial charge in [-0.3, -0.25) is 4.79 Å². The van der Waals surface area contributed by atoms with Crippen LogP contribution in [0.4, 0.5) is 0 Å². The quantitative estimate of drug-likeness (QED) is 0.818. The third kappa shape index (κ3) is 3.67. The molecule has 4 heteroatoms. The first-order chi connectivity index (χ1) is 9.08. The van der Waals surface area contributed by atoms with Crippen molar-refractivity contribution in [3.05, 3.63) is 68.6 Å². The normalized spacial score (nSPS) is 11.9. The highest BCUT2D eigenvalue weighted by Gasteiger charge is 2.13. The second-order valence-corrected chi connectivity index (χ2v) is 6.00. The van der Waals surface area contributed by atoms with Crippen LogP contribution in [0.1, 0.15) is 28.9 Å². The largest absolute Gasteiger partial charge is 0.345 e. The van der Waals surface area contributed by atoms with Gasteiger partial charge in [0.1, 0.15) is 0 Å². The van der Waals surface area contributed by atoms with Gasteiger partial charge in [0.25, 0.3) is 5.91 Å². The first kappa shape index (κ1) is 14.3. The zero-order valence-electron chi connectivity index (χ0n) is 10.4. The summed E-state index contributed by atoms with van der Waals surface area (Å²) in [6.45, 7) is 1.97. The van der Waals surface area contributed by atoms with E-state index in [4.69, 9.17) is 0 Å². The smallest absolute Gasteiger partial charge is 0.252 e. The Morgan fingerprint density at radius 1 is 1.11 bits per heavy atom. The van der Waals surface area contributed by atoms with Gasteiger partial charge >= 0.3 is 0 Å². The fourth-order valence-corrected chi connectivity index (χ4v) is 3.00. The van der Waals surface area contributed by atoms with Crippen LogP contribution in [0.25, 0.3) is 0 Å². The highest BCUT2D eigenvalue weighted by Crippen LogP contribution is 2.22. The molecule has 2 rings (SSSR count). The van der Waals surface area contributed by atoms with E-state index in [0.717, 1.165) is 14.5 Å². The Morgan fingerprint density at radius 2 is 1.79 bits per heavy atom. The summed E-state index contributed by atoms with van der Waals surface area (Å²) in [5, 5.41) is 2.99. The fourth-order valence-electron chi connectivity index (χ4n) is 1.77. The summed E-state index contributed by atoms with van der Waals surface area (Å²) in [5.74, 6) is -0.0873.